The molecular formula is C17H19F2NO. The maximum absolute atomic E-state index is 13.1. The molecule has 0 spiro atoms. The summed E-state index contributed by atoms with van der Waals surface area (Å²) in [5, 5.41) is 13.1. The lowest BCUT2D eigenvalue weighted by Gasteiger charge is -2.16. The number of aliphatic hydroxyl groups is 1. The van der Waals surface area contributed by atoms with E-state index < -0.39 is 17.7 Å². The minimum absolute atomic E-state index is 0.294. The average Bonchev–Trinajstić information content (AvgIpc) is 2.50. The van der Waals surface area contributed by atoms with Gasteiger partial charge in [0, 0.05) is 13.1 Å². The fourth-order valence-electron chi connectivity index (χ4n) is 2.17. The van der Waals surface area contributed by atoms with Crippen molar-refractivity contribution < 1.29 is 13.9 Å². The molecule has 0 heterocycles. The van der Waals surface area contributed by atoms with Gasteiger partial charge in [-0.15, -0.1) is 0 Å². The number of hydrogen-bond acceptors (Lipinski definition) is 2. The number of nitrogens with one attached hydrogen (secondary N) is 1. The number of aliphatic hydroxyl groups excluding tert-OH is 1. The Hall–Kier alpha value is -1.78. The normalized spacial score (nSPS) is 13.9. The SMILES string of the molecule is CC(CNCC(O)c1ccc(F)c(F)c1)c1ccccc1. The second kappa shape index (κ2) is 7.29. The van der Waals surface area contributed by atoms with Crippen LogP contribution in [0.2, 0.25) is 0 Å². The Balaban J connectivity index is 1.84. The standard InChI is InChI=1S/C17H19F2NO/c1-12(13-5-3-2-4-6-13)10-20-11-17(21)14-7-8-15(18)16(19)9-14/h2-9,12,17,20-21H,10-11H2,1H3. The molecule has 0 radical (unpaired) electrons. The molecule has 112 valence electrons. The molecule has 0 amide bonds. The maximum Gasteiger partial charge on any atom is 0.159 e. The zero-order chi connectivity index (χ0) is 15.2. The Kier molecular flexibility index (Phi) is 5.42. The van der Waals surface area contributed by atoms with Crippen LogP contribution in [0.3, 0.4) is 0 Å². The van der Waals surface area contributed by atoms with Crippen molar-refractivity contribution in [3.63, 3.8) is 0 Å². The molecule has 0 saturated heterocycles. The lowest BCUT2D eigenvalue weighted by Crippen LogP contribution is -2.25. The highest BCUT2D eigenvalue weighted by Gasteiger charge is 2.11. The molecule has 2 N–H and O–H groups in total. The molecule has 2 unspecified atom stereocenters. The lowest BCUT2D eigenvalue weighted by molar-refractivity contribution is 0.173. The second-order valence-electron chi connectivity index (χ2n) is 5.16. The summed E-state index contributed by atoms with van der Waals surface area (Å²) < 4.78 is 25.9. The summed E-state index contributed by atoms with van der Waals surface area (Å²) in [5.41, 5.74) is 1.58. The molecule has 0 bridgehead atoms. The minimum atomic E-state index is -0.941. The van der Waals surface area contributed by atoms with E-state index in [0.29, 0.717) is 24.6 Å². The minimum Gasteiger partial charge on any atom is -0.387 e. The topological polar surface area (TPSA) is 32.3 Å². The summed E-state index contributed by atoms with van der Waals surface area (Å²) in [6.07, 6.45) is -0.858. The first-order valence-corrected chi connectivity index (χ1v) is 6.96. The van der Waals surface area contributed by atoms with Crippen molar-refractivity contribution in [2.45, 2.75) is 18.9 Å². The van der Waals surface area contributed by atoms with Crippen molar-refractivity contribution in [3.05, 3.63) is 71.3 Å². The van der Waals surface area contributed by atoms with E-state index in [-0.39, 0.29) is 0 Å². The molecule has 2 aromatic carbocycles. The molecule has 0 aromatic heterocycles. The molecular weight excluding hydrogens is 272 g/mol. The third kappa shape index (κ3) is 4.34. The fourth-order valence-corrected chi connectivity index (χ4v) is 2.17. The number of rotatable bonds is 6. The smallest absolute Gasteiger partial charge is 0.159 e. The van der Waals surface area contributed by atoms with Crippen LogP contribution >= 0.6 is 0 Å². The monoisotopic (exact) mass is 291 g/mol. The van der Waals surface area contributed by atoms with Gasteiger partial charge in [0.1, 0.15) is 0 Å². The van der Waals surface area contributed by atoms with Gasteiger partial charge < -0.3 is 10.4 Å². The van der Waals surface area contributed by atoms with E-state index in [1.54, 1.807) is 0 Å². The zero-order valence-corrected chi connectivity index (χ0v) is 11.9. The van der Waals surface area contributed by atoms with Crippen LogP contribution in [0.15, 0.2) is 48.5 Å². The molecule has 0 aliphatic rings. The van der Waals surface area contributed by atoms with E-state index in [4.69, 9.17) is 0 Å². The zero-order valence-electron chi connectivity index (χ0n) is 11.9. The van der Waals surface area contributed by atoms with Gasteiger partial charge in [-0.25, -0.2) is 8.78 Å². The molecule has 0 aliphatic heterocycles. The van der Waals surface area contributed by atoms with Crippen molar-refractivity contribution in [2.75, 3.05) is 13.1 Å². The van der Waals surface area contributed by atoms with Crippen molar-refractivity contribution >= 4 is 0 Å². The van der Waals surface area contributed by atoms with Gasteiger partial charge in [0.25, 0.3) is 0 Å². The van der Waals surface area contributed by atoms with Crippen LogP contribution < -0.4 is 5.32 Å². The highest BCUT2D eigenvalue weighted by Crippen LogP contribution is 2.17. The van der Waals surface area contributed by atoms with Crippen LogP contribution in [-0.2, 0) is 0 Å². The van der Waals surface area contributed by atoms with Gasteiger partial charge in [0.2, 0.25) is 0 Å². The first kappa shape index (κ1) is 15.6. The summed E-state index contributed by atoms with van der Waals surface area (Å²) in [6.45, 7) is 3.08. The van der Waals surface area contributed by atoms with E-state index in [1.807, 2.05) is 18.2 Å². The van der Waals surface area contributed by atoms with Gasteiger partial charge in [-0.3, -0.25) is 0 Å². The molecule has 21 heavy (non-hydrogen) atoms. The van der Waals surface area contributed by atoms with Crippen LogP contribution in [-0.4, -0.2) is 18.2 Å². The first-order valence-electron chi connectivity index (χ1n) is 6.96. The van der Waals surface area contributed by atoms with E-state index in [0.717, 1.165) is 12.1 Å². The highest BCUT2D eigenvalue weighted by molar-refractivity contribution is 5.21. The van der Waals surface area contributed by atoms with Crippen LogP contribution in [0, 0.1) is 11.6 Å². The van der Waals surface area contributed by atoms with Crippen molar-refractivity contribution in [2.24, 2.45) is 0 Å². The second-order valence-corrected chi connectivity index (χ2v) is 5.16. The summed E-state index contributed by atoms with van der Waals surface area (Å²) in [6, 6.07) is 13.5. The van der Waals surface area contributed by atoms with Crippen molar-refractivity contribution in [1.82, 2.24) is 5.32 Å². The van der Waals surface area contributed by atoms with Crippen LogP contribution in [0.5, 0.6) is 0 Å². The van der Waals surface area contributed by atoms with Gasteiger partial charge in [0.15, 0.2) is 11.6 Å². The van der Waals surface area contributed by atoms with E-state index in [1.165, 1.54) is 11.6 Å². The van der Waals surface area contributed by atoms with Crippen molar-refractivity contribution in [3.8, 4) is 0 Å². The van der Waals surface area contributed by atoms with Crippen molar-refractivity contribution in [1.29, 1.82) is 0 Å². The Morgan fingerprint density at radius 3 is 2.33 bits per heavy atom. The molecule has 0 fully saturated rings. The Bertz CT molecular complexity index is 574. The number of benzene rings is 2. The number of hydrogen-bond donors (Lipinski definition) is 2. The lowest BCUT2D eigenvalue weighted by atomic mass is 10.0. The van der Waals surface area contributed by atoms with Gasteiger partial charge in [-0.05, 0) is 29.2 Å². The summed E-state index contributed by atoms with van der Waals surface area (Å²) >= 11 is 0. The Labute approximate surface area is 123 Å². The van der Waals surface area contributed by atoms with Crippen LogP contribution in [0.4, 0.5) is 8.78 Å². The third-order valence-corrected chi connectivity index (χ3v) is 3.49. The maximum atomic E-state index is 13.1. The Morgan fingerprint density at radius 2 is 1.67 bits per heavy atom. The molecule has 2 nitrogen and oxygen atoms in total. The largest absolute Gasteiger partial charge is 0.387 e. The van der Waals surface area contributed by atoms with E-state index >= 15 is 0 Å². The van der Waals surface area contributed by atoms with Gasteiger partial charge in [-0.1, -0.05) is 43.3 Å². The van der Waals surface area contributed by atoms with Crippen LogP contribution in [0.1, 0.15) is 30.1 Å². The predicted molar refractivity (Wildman–Crippen MR) is 79.0 cm³/mol. The summed E-state index contributed by atoms with van der Waals surface area (Å²) in [5.74, 6) is -1.54. The molecule has 2 rings (SSSR count). The average molecular weight is 291 g/mol. The van der Waals surface area contributed by atoms with Gasteiger partial charge in [-0.2, -0.15) is 0 Å². The summed E-state index contributed by atoms with van der Waals surface area (Å²) in [7, 11) is 0. The number of halogens is 2. The predicted octanol–water partition coefficient (Wildman–Crippen LogP) is 3.39. The van der Waals surface area contributed by atoms with E-state index in [9.17, 15) is 13.9 Å². The fraction of sp³-hybridized carbons (Fsp3) is 0.294. The van der Waals surface area contributed by atoms with Gasteiger partial charge in [0.05, 0.1) is 6.10 Å². The first-order chi connectivity index (χ1) is 10.1. The molecule has 2 aromatic rings. The quantitative estimate of drug-likeness (QED) is 0.855. The molecule has 2 atom stereocenters. The molecule has 0 saturated carbocycles. The highest BCUT2D eigenvalue weighted by atomic mass is 19.2. The molecule has 0 aliphatic carbocycles. The van der Waals surface area contributed by atoms with E-state index in [2.05, 4.69) is 24.4 Å². The third-order valence-electron chi connectivity index (χ3n) is 3.49. The summed E-state index contributed by atoms with van der Waals surface area (Å²) in [4.78, 5) is 0. The van der Waals surface area contributed by atoms with Gasteiger partial charge >= 0.3 is 0 Å². The van der Waals surface area contributed by atoms with Crippen LogP contribution in [0.25, 0.3) is 0 Å². The Morgan fingerprint density at radius 1 is 0.952 bits per heavy atom. The molecule has 4 heteroatoms.